The molecule has 0 aliphatic carbocycles. The van der Waals surface area contributed by atoms with Gasteiger partial charge in [0, 0.05) is 18.7 Å². The number of esters is 1. The molecule has 1 amide bonds. The third-order valence-corrected chi connectivity index (χ3v) is 4.97. The molecule has 0 radical (unpaired) electrons. The highest BCUT2D eigenvalue weighted by Gasteiger charge is 2.29. The molecular weight excluding hydrogens is 360 g/mol. The standard InChI is InChI=1S/C21H26N2O5/c1-4-26-21(25)17-8-6-10-23(12-17)20(24)16-7-5-9-18(11-16)27-13-19-14(2)22-28-15(19)3/h5,7,9,11,17H,4,6,8,10,12-13H2,1-3H3. The van der Waals surface area contributed by atoms with E-state index in [4.69, 9.17) is 14.0 Å². The molecule has 2 aromatic rings. The zero-order valence-electron chi connectivity index (χ0n) is 16.6. The van der Waals surface area contributed by atoms with E-state index in [9.17, 15) is 9.59 Å². The van der Waals surface area contributed by atoms with Gasteiger partial charge in [0.2, 0.25) is 0 Å². The fourth-order valence-electron chi connectivity index (χ4n) is 3.38. The predicted molar refractivity (Wildman–Crippen MR) is 102 cm³/mol. The van der Waals surface area contributed by atoms with Gasteiger partial charge in [-0.05, 0) is 51.8 Å². The number of hydrogen-bond donors (Lipinski definition) is 0. The molecule has 28 heavy (non-hydrogen) atoms. The van der Waals surface area contributed by atoms with Crippen LogP contribution in [0.25, 0.3) is 0 Å². The topological polar surface area (TPSA) is 81.9 Å². The molecule has 1 aliphatic heterocycles. The van der Waals surface area contributed by atoms with Gasteiger partial charge in [-0.25, -0.2) is 0 Å². The lowest BCUT2D eigenvalue weighted by molar-refractivity contribution is -0.149. The van der Waals surface area contributed by atoms with E-state index >= 15 is 0 Å². The van der Waals surface area contributed by atoms with Gasteiger partial charge in [-0.15, -0.1) is 0 Å². The van der Waals surface area contributed by atoms with Crippen LogP contribution in [0.1, 0.15) is 47.1 Å². The first kappa shape index (κ1) is 19.9. The van der Waals surface area contributed by atoms with Crippen LogP contribution >= 0.6 is 0 Å². The molecule has 3 rings (SSSR count). The largest absolute Gasteiger partial charge is 0.489 e. The number of rotatable bonds is 6. The minimum absolute atomic E-state index is 0.100. The average Bonchev–Trinajstić information content (AvgIpc) is 3.04. The number of likely N-dealkylation sites (tertiary alicyclic amines) is 1. The molecule has 0 bridgehead atoms. The number of carbonyl (C=O) groups excluding carboxylic acids is 2. The maximum atomic E-state index is 12.9. The van der Waals surface area contributed by atoms with Crippen molar-refractivity contribution in [3.8, 4) is 5.75 Å². The summed E-state index contributed by atoms with van der Waals surface area (Å²) < 4.78 is 16.1. The highest BCUT2D eigenvalue weighted by Crippen LogP contribution is 2.23. The number of piperidine rings is 1. The van der Waals surface area contributed by atoms with Crippen molar-refractivity contribution in [2.24, 2.45) is 5.92 Å². The van der Waals surface area contributed by atoms with Gasteiger partial charge in [0.1, 0.15) is 18.1 Å². The van der Waals surface area contributed by atoms with Crippen molar-refractivity contribution < 1.29 is 23.6 Å². The predicted octanol–water partition coefficient (Wildman–Crippen LogP) is 3.29. The van der Waals surface area contributed by atoms with Crippen LogP contribution in [0.2, 0.25) is 0 Å². The van der Waals surface area contributed by atoms with Gasteiger partial charge in [0.25, 0.3) is 5.91 Å². The minimum atomic E-state index is -0.253. The molecule has 150 valence electrons. The number of nitrogens with zero attached hydrogens (tertiary/aromatic N) is 2. The molecule has 1 saturated heterocycles. The number of aromatic nitrogens is 1. The highest BCUT2D eigenvalue weighted by atomic mass is 16.5. The molecule has 1 fully saturated rings. The monoisotopic (exact) mass is 386 g/mol. The van der Waals surface area contributed by atoms with Crippen molar-refractivity contribution in [3.05, 3.63) is 46.8 Å². The highest BCUT2D eigenvalue weighted by molar-refractivity contribution is 5.95. The molecule has 1 aromatic carbocycles. The molecule has 1 aliphatic rings. The maximum absolute atomic E-state index is 12.9. The Morgan fingerprint density at radius 3 is 2.86 bits per heavy atom. The average molecular weight is 386 g/mol. The molecule has 0 spiro atoms. The summed E-state index contributed by atoms with van der Waals surface area (Å²) in [5.74, 6) is 0.748. The molecule has 2 heterocycles. The van der Waals surface area contributed by atoms with Crippen molar-refractivity contribution in [1.29, 1.82) is 0 Å². The van der Waals surface area contributed by atoms with Crippen LogP contribution < -0.4 is 4.74 Å². The van der Waals surface area contributed by atoms with Gasteiger partial charge in [-0.3, -0.25) is 9.59 Å². The van der Waals surface area contributed by atoms with Crippen LogP contribution in [-0.2, 0) is 16.1 Å². The summed E-state index contributed by atoms with van der Waals surface area (Å²) in [4.78, 5) is 26.6. The van der Waals surface area contributed by atoms with Crippen molar-refractivity contribution in [3.63, 3.8) is 0 Å². The SMILES string of the molecule is CCOC(=O)C1CCCN(C(=O)c2cccc(OCc3c(C)noc3C)c2)C1. The first-order valence-electron chi connectivity index (χ1n) is 9.60. The first-order valence-corrected chi connectivity index (χ1v) is 9.60. The number of aryl methyl sites for hydroxylation is 2. The van der Waals surface area contributed by atoms with E-state index in [0.29, 0.717) is 37.6 Å². The number of hydrogen-bond acceptors (Lipinski definition) is 6. The Hall–Kier alpha value is -2.83. The van der Waals surface area contributed by atoms with Crippen molar-refractivity contribution in [2.75, 3.05) is 19.7 Å². The van der Waals surface area contributed by atoms with E-state index in [1.165, 1.54) is 0 Å². The molecule has 7 heteroatoms. The van der Waals surface area contributed by atoms with Crippen molar-refractivity contribution in [2.45, 2.75) is 40.2 Å². The fraction of sp³-hybridized carbons (Fsp3) is 0.476. The maximum Gasteiger partial charge on any atom is 0.310 e. The van der Waals surface area contributed by atoms with Gasteiger partial charge in [0.15, 0.2) is 0 Å². The summed E-state index contributed by atoms with van der Waals surface area (Å²) in [6.45, 7) is 7.21. The van der Waals surface area contributed by atoms with Gasteiger partial charge in [-0.2, -0.15) is 0 Å². The Balaban J connectivity index is 1.65. The quantitative estimate of drug-likeness (QED) is 0.709. The zero-order chi connectivity index (χ0) is 20.1. The van der Waals surface area contributed by atoms with Gasteiger partial charge >= 0.3 is 5.97 Å². The Morgan fingerprint density at radius 2 is 2.14 bits per heavy atom. The summed E-state index contributed by atoms with van der Waals surface area (Å²) in [5, 5.41) is 3.92. The van der Waals surface area contributed by atoms with Crippen LogP contribution in [0.4, 0.5) is 0 Å². The lowest BCUT2D eigenvalue weighted by Crippen LogP contribution is -2.42. The van der Waals surface area contributed by atoms with Crippen LogP contribution in [0, 0.1) is 19.8 Å². The fourth-order valence-corrected chi connectivity index (χ4v) is 3.38. The third-order valence-electron chi connectivity index (χ3n) is 4.97. The van der Waals surface area contributed by atoms with Crippen LogP contribution in [0.3, 0.4) is 0 Å². The minimum Gasteiger partial charge on any atom is -0.489 e. The lowest BCUT2D eigenvalue weighted by atomic mass is 9.97. The lowest BCUT2D eigenvalue weighted by Gasteiger charge is -2.31. The molecular formula is C21H26N2O5. The second-order valence-electron chi connectivity index (χ2n) is 6.96. The Bertz CT molecular complexity index is 826. The second kappa shape index (κ2) is 8.91. The molecule has 7 nitrogen and oxygen atoms in total. The van der Waals surface area contributed by atoms with Crippen LogP contribution in [0.15, 0.2) is 28.8 Å². The Morgan fingerprint density at radius 1 is 1.32 bits per heavy atom. The summed E-state index contributed by atoms with van der Waals surface area (Å²) >= 11 is 0. The van der Waals surface area contributed by atoms with E-state index in [2.05, 4.69) is 5.16 Å². The van der Waals surface area contributed by atoms with Crippen LogP contribution in [-0.4, -0.2) is 41.6 Å². The normalized spacial score (nSPS) is 16.7. The smallest absolute Gasteiger partial charge is 0.310 e. The van der Waals surface area contributed by atoms with Crippen LogP contribution in [0.5, 0.6) is 5.75 Å². The van der Waals surface area contributed by atoms with Gasteiger partial charge < -0.3 is 18.9 Å². The molecule has 0 saturated carbocycles. The molecule has 1 atom stereocenters. The van der Waals surface area contributed by atoms with E-state index in [1.54, 1.807) is 30.0 Å². The van der Waals surface area contributed by atoms with Gasteiger partial charge in [0.05, 0.1) is 23.8 Å². The van der Waals surface area contributed by atoms with Crippen molar-refractivity contribution >= 4 is 11.9 Å². The summed E-state index contributed by atoms with van der Waals surface area (Å²) in [6.07, 6.45) is 1.54. The Kier molecular flexibility index (Phi) is 6.34. The van der Waals surface area contributed by atoms with Gasteiger partial charge in [-0.1, -0.05) is 11.2 Å². The van der Waals surface area contributed by atoms with E-state index in [0.717, 1.165) is 29.9 Å². The van der Waals surface area contributed by atoms with E-state index in [-0.39, 0.29) is 17.8 Å². The molecule has 0 N–H and O–H groups in total. The number of benzene rings is 1. The number of carbonyl (C=O) groups is 2. The summed E-state index contributed by atoms with van der Waals surface area (Å²) in [5.41, 5.74) is 2.24. The van der Waals surface area contributed by atoms with Crippen molar-refractivity contribution in [1.82, 2.24) is 10.1 Å². The Labute approximate surface area is 164 Å². The molecule has 1 unspecified atom stereocenters. The van der Waals surface area contributed by atoms with E-state index < -0.39 is 0 Å². The number of ether oxygens (including phenoxy) is 2. The summed E-state index contributed by atoms with van der Waals surface area (Å²) in [7, 11) is 0. The first-order chi connectivity index (χ1) is 13.5. The number of amides is 1. The third kappa shape index (κ3) is 4.52. The molecule has 1 aromatic heterocycles. The summed E-state index contributed by atoms with van der Waals surface area (Å²) in [6, 6.07) is 7.10. The second-order valence-corrected chi connectivity index (χ2v) is 6.96. The zero-order valence-corrected chi connectivity index (χ0v) is 16.6. The van der Waals surface area contributed by atoms with E-state index in [1.807, 2.05) is 19.9 Å².